The van der Waals surface area contributed by atoms with E-state index in [1.807, 2.05) is 37.3 Å². The number of carbonyl (C=O) groups excluding carboxylic acids is 1. The van der Waals surface area contributed by atoms with E-state index in [0.717, 1.165) is 10.0 Å². The van der Waals surface area contributed by atoms with Crippen LogP contribution in [0.4, 0.5) is 11.4 Å². The molecule has 0 saturated carbocycles. The molecule has 0 aromatic heterocycles. The predicted octanol–water partition coefficient (Wildman–Crippen LogP) is 4.48. The lowest BCUT2D eigenvalue weighted by Gasteiger charge is -2.12. The molecule has 3 N–H and O–H groups in total. The summed E-state index contributed by atoms with van der Waals surface area (Å²) in [6.07, 6.45) is 0. The summed E-state index contributed by atoms with van der Waals surface area (Å²) < 4.78 is 6.28. The van der Waals surface area contributed by atoms with Crippen LogP contribution < -0.4 is 15.8 Å². The Kier molecular flexibility index (Phi) is 5.66. The van der Waals surface area contributed by atoms with E-state index in [1.165, 1.54) is 5.56 Å². The monoisotopic (exact) mass is 376 g/mol. The second kappa shape index (κ2) is 7.51. The van der Waals surface area contributed by atoms with Gasteiger partial charge < -0.3 is 15.8 Å². The quantitative estimate of drug-likeness (QED) is 0.755. The Morgan fingerprint density at radius 3 is 2.48 bits per heavy atom. The van der Waals surface area contributed by atoms with Crippen molar-refractivity contribution in [3.63, 3.8) is 0 Å². The first-order valence-corrected chi connectivity index (χ1v) is 8.24. The molecule has 2 aromatic rings. The molecule has 0 aliphatic carbocycles. The topological polar surface area (TPSA) is 64.3 Å². The van der Waals surface area contributed by atoms with Crippen LogP contribution in [0.5, 0.6) is 5.75 Å². The van der Waals surface area contributed by atoms with Crippen molar-refractivity contribution in [2.75, 3.05) is 17.7 Å². The Labute approximate surface area is 145 Å². The highest BCUT2D eigenvalue weighted by Gasteiger charge is 2.10. The lowest BCUT2D eigenvalue weighted by molar-refractivity contribution is -0.118. The number of aryl methyl sites for hydroxylation is 1. The summed E-state index contributed by atoms with van der Waals surface area (Å²) in [5.74, 6) is 0.933. The molecule has 0 heterocycles. The standard InChI is InChI=1S/C18H21BrN2O2/c1-11(2)13-4-6-15(7-5-13)23-10-17(22)21-18-12(3)8-14(20)9-16(18)19/h4-9,11H,10,20H2,1-3H3,(H,21,22). The summed E-state index contributed by atoms with van der Waals surface area (Å²) in [6, 6.07) is 11.4. The largest absolute Gasteiger partial charge is 0.484 e. The van der Waals surface area contributed by atoms with Crippen LogP contribution >= 0.6 is 15.9 Å². The van der Waals surface area contributed by atoms with Gasteiger partial charge in [0, 0.05) is 10.2 Å². The molecule has 0 atom stereocenters. The van der Waals surface area contributed by atoms with E-state index in [2.05, 4.69) is 35.1 Å². The van der Waals surface area contributed by atoms with Crippen molar-refractivity contribution in [3.8, 4) is 5.75 Å². The van der Waals surface area contributed by atoms with E-state index < -0.39 is 0 Å². The smallest absolute Gasteiger partial charge is 0.262 e. The fraction of sp³-hybridized carbons (Fsp3) is 0.278. The van der Waals surface area contributed by atoms with Gasteiger partial charge in [-0.1, -0.05) is 26.0 Å². The minimum atomic E-state index is -0.216. The highest BCUT2D eigenvalue weighted by atomic mass is 79.9. The van der Waals surface area contributed by atoms with E-state index in [1.54, 1.807) is 6.07 Å². The Morgan fingerprint density at radius 2 is 1.91 bits per heavy atom. The van der Waals surface area contributed by atoms with Crippen LogP contribution in [-0.4, -0.2) is 12.5 Å². The summed E-state index contributed by atoms with van der Waals surface area (Å²) in [6.45, 7) is 6.12. The number of nitrogen functional groups attached to an aromatic ring is 1. The number of halogens is 1. The van der Waals surface area contributed by atoms with Crippen molar-refractivity contribution >= 4 is 33.2 Å². The van der Waals surface area contributed by atoms with E-state index >= 15 is 0 Å². The summed E-state index contributed by atoms with van der Waals surface area (Å²) in [7, 11) is 0. The number of hydrogen-bond donors (Lipinski definition) is 2. The summed E-state index contributed by atoms with van der Waals surface area (Å²) >= 11 is 3.41. The van der Waals surface area contributed by atoms with E-state index in [9.17, 15) is 4.79 Å². The maximum absolute atomic E-state index is 12.1. The Morgan fingerprint density at radius 1 is 1.26 bits per heavy atom. The van der Waals surface area contributed by atoms with Crippen LogP contribution in [0.15, 0.2) is 40.9 Å². The van der Waals surface area contributed by atoms with Crippen LogP contribution in [0.25, 0.3) is 0 Å². The third-order valence-electron chi connectivity index (χ3n) is 3.49. The molecule has 2 aromatic carbocycles. The molecule has 0 aliphatic rings. The molecule has 23 heavy (non-hydrogen) atoms. The number of ether oxygens (including phenoxy) is 1. The minimum absolute atomic E-state index is 0.0444. The lowest BCUT2D eigenvalue weighted by Crippen LogP contribution is -2.21. The molecule has 1 amide bonds. The van der Waals surface area contributed by atoms with Gasteiger partial charge >= 0.3 is 0 Å². The fourth-order valence-corrected chi connectivity index (χ4v) is 2.88. The Balaban J connectivity index is 1.95. The summed E-state index contributed by atoms with van der Waals surface area (Å²) in [5, 5.41) is 2.84. The molecule has 122 valence electrons. The van der Waals surface area contributed by atoms with Crippen LogP contribution in [0, 0.1) is 6.92 Å². The molecule has 4 nitrogen and oxygen atoms in total. The van der Waals surface area contributed by atoms with Crippen molar-refractivity contribution in [2.24, 2.45) is 0 Å². The number of anilines is 2. The predicted molar refractivity (Wildman–Crippen MR) is 97.9 cm³/mol. The molecule has 0 radical (unpaired) electrons. The fourth-order valence-electron chi connectivity index (χ4n) is 2.20. The molecule has 2 rings (SSSR count). The van der Waals surface area contributed by atoms with Crippen LogP contribution in [0.1, 0.15) is 30.9 Å². The Hall–Kier alpha value is -2.01. The second-order valence-corrected chi connectivity index (χ2v) is 6.61. The number of nitrogens with two attached hydrogens (primary N) is 1. The van der Waals surface area contributed by atoms with Gasteiger partial charge in [-0.2, -0.15) is 0 Å². The number of benzene rings is 2. The van der Waals surface area contributed by atoms with Gasteiger partial charge in [0.1, 0.15) is 5.75 Å². The Bertz CT molecular complexity index is 674. The molecule has 0 spiro atoms. The van der Waals surface area contributed by atoms with Crippen molar-refractivity contribution < 1.29 is 9.53 Å². The van der Waals surface area contributed by atoms with Gasteiger partial charge in [-0.05, 0) is 64.2 Å². The van der Waals surface area contributed by atoms with E-state index in [-0.39, 0.29) is 12.5 Å². The molecule has 0 unspecified atom stereocenters. The van der Waals surface area contributed by atoms with Crippen LogP contribution in [0.2, 0.25) is 0 Å². The molecule has 0 aliphatic heterocycles. The summed E-state index contributed by atoms with van der Waals surface area (Å²) in [4.78, 5) is 12.1. The third-order valence-corrected chi connectivity index (χ3v) is 4.12. The first-order chi connectivity index (χ1) is 10.9. The SMILES string of the molecule is Cc1cc(N)cc(Br)c1NC(=O)COc1ccc(C(C)C)cc1. The maximum atomic E-state index is 12.1. The van der Waals surface area contributed by atoms with Crippen molar-refractivity contribution in [1.29, 1.82) is 0 Å². The number of carbonyl (C=O) groups is 1. The zero-order valence-electron chi connectivity index (χ0n) is 13.5. The van der Waals surface area contributed by atoms with Gasteiger partial charge in [-0.15, -0.1) is 0 Å². The van der Waals surface area contributed by atoms with Crippen LogP contribution in [-0.2, 0) is 4.79 Å². The highest BCUT2D eigenvalue weighted by molar-refractivity contribution is 9.10. The maximum Gasteiger partial charge on any atom is 0.262 e. The third kappa shape index (κ3) is 4.73. The van der Waals surface area contributed by atoms with Gasteiger partial charge in [-0.3, -0.25) is 4.79 Å². The van der Waals surface area contributed by atoms with Gasteiger partial charge in [0.2, 0.25) is 0 Å². The number of rotatable bonds is 5. The second-order valence-electron chi connectivity index (χ2n) is 5.76. The van der Waals surface area contributed by atoms with E-state index in [4.69, 9.17) is 10.5 Å². The summed E-state index contributed by atoms with van der Waals surface area (Å²) in [5.41, 5.74) is 9.25. The van der Waals surface area contributed by atoms with Gasteiger partial charge in [0.15, 0.2) is 6.61 Å². The minimum Gasteiger partial charge on any atom is -0.484 e. The van der Waals surface area contributed by atoms with Gasteiger partial charge in [0.05, 0.1) is 5.69 Å². The normalized spacial score (nSPS) is 10.7. The molecule has 0 saturated heterocycles. The van der Waals surface area contributed by atoms with Crippen molar-refractivity contribution in [2.45, 2.75) is 26.7 Å². The van der Waals surface area contributed by atoms with Crippen LogP contribution in [0.3, 0.4) is 0 Å². The van der Waals surface area contributed by atoms with Crippen molar-refractivity contribution in [3.05, 3.63) is 52.0 Å². The average Bonchev–Trinajstić information content (AvgIpc) is 2.49. The number of nitrogens with one attached hydrogen (secondary N) is 1. The van der Waals surface area contributed by atoms with Gasteiger partial charge in [0.25, 0.3) is 5.91 Å². The molecular weight excluding hydrogens is 356 g/mol. The number of amides is 1. The van der Waals surface area contributed by atoms with E-state index in [0.29, 0.717) is 23.0 Å². The molecular formula is C18H21BrN2O2. The number of hydrogen-bond acceptors (Lipinski definition) is 3. The van der Waals surface area contributed by atoms with Gasteiger partial charge in [-0.25, -0.2) is 0 Å². The zero-order valence-corrected chi connectivity index (χ0v) is 15.1. The average molecular weight is 377 g/mol. The molecule has 0 fully saturated rings. The highest BCUT2D eigenvalue weighted by Crippen LogP contribution is 2.29. The first-order valence-electron chi connectivity index (χ1n) is 7.45. The molecule has 0 bridgehead atoms. The molecule has 5 heteroatoms. The first kappa shape index (κ1) is 17.3. The zero-order chi connectivity index (χ0) is 17.0. The van der Waals surface area contributed by atoms with Crippen molar-refractivity contribution in [1.82, 2.24) is 0 Å². The lowest BCUT2D eigenvalue weighted by atomic mass is 10.0.